The van der Waals surface area contributed by atoms with Crippen molar-refractivity contribution in [3.63, 3.8) is 0 Å². The van der Waals surface area contributed by atoms with Crippen LogP contribution in [0.25, 0.3) is 0 Å². The molecule has 0 unspecified atom stereocenters. The zero-order chi connectivity index (χ0) is 29.9. The average molecular weight is 558 g/mol. The molecule has 0 bridgehead atoms. The summed E-state index contributed by atoms with van der Waals surface area (Å²) >= 11 is 0. The van der Waals surface area contributed by atoms with Gasteiger partial charge in [0.05, 0.1) is 0 Å². The minimum absolute atomic E-state index is 0.262. The van der Waals surface area contributed by atoms with Crippen LogP contribution in [0, 0.1) is 0 Å². The first kappa shape index (κ1) is 32.8. The Hall–Kier alpha value is -3.36. The van der Waals surface area contributed by atoms with E-state index in [1.807, 2.05) is 44.0 Å². The Morgan fingerprint density at radius 2 is 1.70 bits per heavy atom. The maximum Gasteiger partial charge on any atom is 0.573 e. The maximum atomic E-state index is 12.5. The van der Waals surface area contributed by atoms with E-state index in [9.17, 15) is 18.0 Å². The molecule has 1 saturated heterocycles. The Morgan fingerprint density at radius 3 is 2.23 bits per heavy atom. The standard InChI is InChI=1S/C32H42F3N3O2/c1-8-9-28(13-10-26(5)38-18-16-36(6)17-19-38)25(4)20-29(31(23-39)24(2)3)22-37(7)21-27-11-14-30(15-12-27)40-32(33,34)35/h9-15,20,23H,4-5,8,16-19,21-22H2,1-3,6-7H3/b13-10-,28-9+,29-20-. The molecule has 1 fully saturated rings. The number of nitrogens with zero attached hydrogens (tertiary/aromatic N) is 3. The molecule has 0 spiro atoms. The van der Waals surface area contributed by atoms with Crippen LogP contribution in [0.2, 0.25) is 0 Å². The van der Waals surface area contributed by atoms with Crippen molar-refractivity contribution < 1.29 is 22.7 Å². The number of alkyl halides is 3. The van der Waals surface area contributed by atoms with Crippen molar-refractivity contribution in [3.05, 3.63) is 101 Å². The van der Waals surface area contributed by atoms with Crippen LogP contribution in [0.4, 0.5) is 13.2 Å². The number of hydrogen-bond donors (Lipinski definition) is 0. The number of aldehydes is 1. The van der Waals surface area contributed by atoms with Gasteiger partial charge in [0.1, 0.15) is 12.0 Å². The smallest absolute Gasteiger partial charge is 0.406 e. The second-order valence-corrected chi connectivity index (χ2v) is 10.3. The first-order valence-corrected chi connectivity index (χ1v) is 13.4. The highest BCUT2D eigenvalue weighted by Gasteiger charge is 2.31. The summed E-state index contributed by atoms with van der Waals surface area (Å²) in [7, 11) is 4.01. The van der Waals surface area contributed by atoms with Gasteiger partial charge in [-0.1, -0.05) is 49.9 Å². The van der Waals surface area contributed by atoms with Crippen LogP contribution in [0.5, 0.6) is 5.75 Å². The third kappa shape index (κ3) is 11.0. The van der Waals surface area contributed by atoms with Crippen molar-refractivity contribution in [2.24, 2.45) is 0 Å². The molecule has 0 amide bonds. The fraction of sp³-hybridized carbons (Fsp3) is 0.406. The number of piperazine rings is 1. The molecular formula is C32H42F3N3O2. The van der Waals surface area contributed by atoms with Gasteiger partial charge in [0, 0.05) is 50.5 Å². The lowest BCUT2D eigenvalue weighted by Crippen LogP contribution is -2.43. The number of carbonyl (C=O) groups is 1. The van der Waals surface area contributed by atoms with Crippen molar-refractivity contribution in [3.8, 4) is 5.75 Å². The molecule has 40 heavy (non-hydrogen) atoms. The summed E-state index contributed by atoms with van der Waals surface area (Å²) in [5.74, 6) is -0.262. The van der Waals surface area contributed by atoms with Crippen molar-refractivity contribution >= 4 is 6.29 Å². The van der Waals surface area contributed by atoms with E-state index in [0.29, 0.717) is 18.7 Å². The molecule has 0 aliphatic carbocycles. The zero-order valence-corrected chi connectivity index (χ0v) is 24.4. The van der Waals surface area contributed by atoms with Gasteiger partial charge in [0.25, 0.3) is 0 Å². The molecule has 2 rings (SSSR count). The molecule has 8 heteroatoms. The lowest BCUT2D eigenvalue weighted by atomic mass is 9.96. The van der Waals surface area contributed by atoms with E-state index in [1.165, 1.54) is 12.1 Å². The van der Waals surface area contributed by atoms with Crippen LogP contribution in [-0.4, -0.2) is 74.2 Å². The molecule has 1 aromatic rings. The van der Waals surface area contributed by atoms with Gasteiger partial charge in [0.2, 0.25) is 0 Å². The van der Waals surface area contributed by atoms with Gasteiger partial charge in [0.15, 0.2) is 0 Å². The number of rotatable bonds is 13. The van der Waals surface area contributed by atoms with E-state index in [4.69, 9.17) is 0 Å². The second-order valence-electron chi connectivity index (χ2n) is 10.3. The van der Waals surface area contributed by atoms with Crippen LogP contribution in [0.3, 0.4) is 0 Å². The van der Waals surface area contributed by atoms with Crippen molar-refractivity contribution in [1.82, 2.24) is 14.7 Å². The minimum Gasteiger partial charge on any atom is -0.406 e. The number of halogens is 3. The Labute approximate surface area is 237 Å². The summed E-state index contributed by atoms with van der Waals surface area (Å²) in [5, 5.41) is 0. The highest BCUT2D eigenvalue weighted by atomic mass is 19.4. The number of benzene rings is 1. The number of hydrogen-bond acceptors (Lipinski definition) is 5. The summed E-state index contributed by atoms with van der Waals surface area (Å²) in [6.45, 7) is 19.2. The molecule has 0 atom stereocenters. The topological polar surface area (TPSA) is 36.0 Å². The molecule has 218 valence electrons. The quantitative estimate of drug-likeness (QED) is 0.153. The third-order valence-electron chi connectivity index (χ3n) is 6.56. The lowest BCUT2D eigenvalue weighted by Gasteiger charge is -2.34. The van der Waals surface area contributed by atoms with E-state index < -0.39 is 6.36 Å². The molecule has 0 saturated carbocycles. The Kier molecular flexibility index (Phi) is 12.7. The van der Waals surface area contributed by atoms with Crippen LogP contribution in [0.15, 0.2) is 95.3 Å². The van der Waals surface area contributed by atoms with Gasteiger partial charge in [-0.15, -0.1) is 13.2 Å². The Morgan fingerprint density at radius 1 is 1.07 bits per heavy atom. The van der Waals surface area contributed by atoms with Gasteiger partial charge in [-0.25, -0.2) is 0 Å². The zero-order valence-electron chi connectivity index (χ0n) is 24.4. The minimum atomic E-state index is -4.73. The van der Waals surface area contributed by atoms with E-state index in [1.54, 1.807) is 12.1 Å². The molecule has 0 N–H and O–H groups in total. The summed E-state index contributed by atoms with van der Waals surface area (Å²) in [4.78, 5) is 18.6. The SMILES string of the molecule is C=C(/C=C(/CN(C)Cc1ccc(OC(F)(F)F)cc1)C(C=O)=C(C)C)C(/C=C\C(=C)N1CCN(C)CC1)=C/CC. The third-order valence-corrected chi connectivity index (χ3v) is 6.56. The van der Waals surface area contributed by atoms with Gasteiger partial charge < -0.3 is 14.5 Å². The summed E-state index contributed by atoms with van der Waals surface area (Å²) in [6, 6.07) is 5.79. The van der Waals surface area contributed by atoms with Crippen molar-refractivity contribution in [1.29, 1.82) is 0 Å². The molecule has 1 aliphatic heterocycles. The van der Waals surface area contributed by atoms with E-state index in [-0.39, 0.29) is 5.75 Å². The summed E-state index contributed by atoms with van der Waals surface area (Å²) in [6.07, 6.45) is 5.04. The first-order valence-electron chi connectivity index (χ1n) is 13.4. The van der Waals surface area contributed by atoms with Crippen LogP contribution in [0.1, 0.15) is 32.8 Å². The van der Waals surface area contributed by atoms with Gasteiger partial charge in [-0.2, -0.15) is 0 Å². The van der Waals surface area contributed by atoms with Crippen molar-refractivity contribution in [2.45, 2.75) is 40.1 Å². The van der Waals surface area contributed by atoms with E-state index >= 15 is 0 Å². The normalized spacial score (nSPS) is 15.5. The van der Waals surface area contributed by atoms with E-state index in [0.717, 1.165) is 72.4 Å². The highest BCUT2D eigenvalue weighted by Crippen LogP contribution is 2.24. The summed E-state index contributed by atoms with van der Waals surface area (Å²) < 4.78 is 41.4. The molecule has 0 radical (unpaired) electrons. The van der Waals surface area contributed by atoms with Gasteiger partial charge >= 0.3 is 6.36 Å². The molecule has 5 nitrogen and oxygen atoms in total. The summed E-state index contributed by atoms with van der Waals surface area (Å²) in [5.41, 5.74) is 5.81. The van der Waals surface area contributed by atoms with E-state index in [2.05, 4.69) is 47.7 Å². The number of allylic oxidation sites excluding steroid dienone is 7. The number of ether oxygens (including phenoxy) is 1. The molecule has 1 aromatic carbocycles. The predicted octanol–water partition coefficient (Wildman–Crippen LogP) is 6.69. The Bertz CT molecular complexity index is 1150. The molecule has 1 heterocycles. The fourth-order valence-electron chi connectivity index (χ4n) is 4.38. The molecular weight excluding hydrogens is 515 g/mol. The Balaban J connectivity index is 2.21. The van der Waals surface area contributed by atoms with Crippen LogP contribution in [-0.2, 0) is 11.3 Å². The van der Waals surface area contributed by atoms with Gasteiger partial charge in [-0.05, 0) is 80.9 Å². The average Bonchev–Trinajstić information content (AvgIpc) is 2.87. The van der Waals surface area contributed by atoms with Gasteiger partial charge in [-0.3, -0.25) is 9.69 Å². The number of likely N-dealkylation sites (N-methyl/N-ethyl adjacent to an activating group) is 2. The first-order chi connectivity index (χ1) is 18.8. The number of carbonyl (C=O) groups excluding carboxylic acids is 1. The molecule has 0 aromatic heterocycles. The second kappa shape index (κ2) is 15.4. The van der Waals surface area contributed by atoms with Crippen molar-refractivity contribution in [2.75, 3.05) is 46.8 Å². The fourth-order valence-corrected chi connectivity index (χ4v) is 4.38. The predicted molar refractivity (Wildman–Crippen MR) is 157 cm³/mol. The lowest BCUT2D eigenvalue weighted by molar-refractivity contribution is -0.274. The maximum absolute atomic E-state index is 12.5. The largest absolute Gasteiger partial charge is 0.573 e. The van der Waals surface area contributed by atoms with Crippen LogP contribution >= 0.6 is 0 Å². The molecule has 1 aliphatic rings. The monoisotopic (exact) mass is 557 g/mol. The van der Waals surface area contributed by atoms with Crippen LogP contribution < -0.4 is 4.74 Å². The highest BCUT2D eigenvalue weighted by molar-refractivity contribution is 5.82.